The van der Waals surface area contributed by atoms with Crippen LogP contribution in [0.5, 0.6) is 0 Å². The SMILES string of the molecule is C=CCCCCCCCC1(S(N)(=O)=O)CC1.CC(C)(C)NC(=O)O. The molecule has 0 aliphatic heterocycles. The summed E-state index contributed by atoms with van der Waals surface area (Å²) in [6.07, 6.45) is 10.1. The first-order valence-electron chi connectivity index (χ1n) is 8.58. The smallest absolute Gasteiger partial charge is 0.405 e. The molecular weight excluding hydrogens is 328 g/mol. The number of rotatable bonds is 9. The van der Waals surface area contributed by atoms with E-state index in [1.807, 2.05) is 6.08 Å². The Bertz CT molecular complexity index is 491. The van der Waals surface area contributed by atoms with Gasteiger partial charge >= 0.3 is 6.09 Å². The Morgan fingerprint density at radius 2 is 1.71 bits per heavy atom. The maximum atomic E-state index is 11.3. The van der Waals surface area contributed by atoms with E-state index in [-0.39, 0.29) is 5.54 Å². The van der Waals surface area contributed by atoms with Crippen molar-refractivity contribution in [2.24, 2.45) is 5.14 Å². The van der Waals surface area contributed by atoms with Gasteiger partial charge in [-0.15, -0.1) is 6.58 Å². The maximum Gasteiger partial charge on any atom is 0.405 e. The van der Waals surface area contributed by atoms with Gasteiger partial charge in [0, 0.05) is 5.54 Å². The monoisotopic (exact) mass is 362 g/mol. The zero-order valence-corrected chi connectivity index (χ0v) is 16.1. The summed E-state index contributed by atoms with van der Waals surface area (Å²) in [5.74, 6) is 0. The van der Waals surface area contributed by atoms with Crippen molar-refractivity contribution in [2.45, 2.75) is 88.8 Å². The molecule has 7 heteroatoms. The summed E-state index contributed by atoms with van der Waals surface area (Å²) < 4.78 is 22.0. The summed E-state index contributed by atoms with van der Waals surface area (Å²) in [4.78, 5) is 9.90. The van der Waals surface area contributed by atoms with Crippen molar-refractivity contribution in [3.8, 4) is 0 Å². The number of allylic oxidation sites excluding steroid dienone is 1. The summed E-state index contributed by atoms with van der Waals surface area (Å²) in [7, 11) is -3.31. The Labute approximate surface area is 146 Å². The molecule has 0 bridgehead atoms. The molecule has 1 rings (SSSR count). The second-order valence-corrected chi connectivity index (χ2v) is 9.46. The molecule has 0 atom stereocenters. The van der Waals surface area contributed by atoms with E-state index in [1.54, 1.807) is 20.8 Å². The molecular formula is C17H34N2O4S. The first-order valence-corrected chi connectivity index (χ1v) is 10.1. The molecule has 0 aromatic heterocycles. The molecule has 1 amide bonds. The topological polar surface area (TPSA) is 109 Å². The van der Waals surface area contributed by atoms with Crippen LogP contribution in [0.2, 0.25) is 0 Å². The minimum Gasteiger partial charge on any atom is -0.465 e. The van der Waals surface area contributed by atoms with Gasteiger partial charge in [-0.1, -0.05) is 31.8 Å². The van der Waals surface area contributed by atoms with Crippen molar-refractivity contribution in [2.75, 3.05) is 0 Å². The second-order valence-electron chi connectivity index (χ2n) is 7.50. The van der Waals surface area contributed by atoms with Crippen LogP contribution in [-0.4, -0.2) is 29.9 Å². The highest BCUT2D eigenvalue weighted by Crippen LogP contribution is 2.46. The Morgan fingerprint density at radius 3 is 2.04 bits per heavy atom. The van der Waals surface area contributed by atoms with E-state index in [0.717, 1.165) is 38.5 Å². The summed E-state index contributed by atoms with van der Waals surface area (Å²) >= 11 is 0. The summed E-state index contributed by atoms with van der Waals surface area (Å²) in [6.45, 7) is 9.06. The van der Waals surface area contributed by atoms with Gasteiger partial charge in [0.15, 0.2) is 0 Å². The lowest BCUT2D eigenvalue weighted by Crippen LogP contribution is -2.39. The number of nitrogens with two attached hydrogens (primary N) is 1. The molecule has 1 aliphatic carbocycles. The predicted molar refractivity (Wildman–Crippen MR) is 98.5 cm³/mol. The van der Waals surface area contributed by atoms with Crippen LogP contribution in [0.25, 0.3) is 0 Å². The molecule has 1 aliphatic rings. The number of hydrogen-bond acceptors (Lipinski definition) is 3. The molecule has 0 spiro atoms. The predicted octanol–water partition coefficient (Wildman–Crippen LogP) is 3.78. The minimum atomic E-state index is -3.31. The van der Waals surface area contributed by atoms with Crippen molar-refractivity contribution in [1.82, 2.24) is 5.32 Å². The summed E-state index contributed by atoms with van der Waals surface area (Å²) in [5, 5.41) is 15.7. The second kappa shape index (κ2) is 10.0. The average molecular weight is 363 g/mol. The van der Waals surface area contributed by atoms with Gasteiger partial charge in [-0.2, -0.15) is 0 Å². The van der Waals surface area contributed by atoms with Gasteiger partial charge in [-0.05, 0) is 52.9 Å². The van der Waals surface area contributed by atoms with Crippen LogP contribution < -0.4 is 10.5 Å². The number of carboxylic acid groups (broad SMARTS) is 1. The van der Waals surface area contributed by atoms with Crippen LogP contribution in [0.3, 0.4) is 0 Å². The quantitative estimate of drug-likeness (QED) is 0.428. The third-order valence-corrected chi connectivity index (χ3v) is 5.75. The van der Waals surface area contributed by atoms with E-state index in [9.17, 15) is 13.2 Å². The third-order valence-electron chi connectivity index (χ3n) is 3.93. The van der Waals surface area contributed by atoms with Gasteiger partial charge in [0.1, 0.15) is 0 Å². The van der Waals surface area contributed by atoms with E-state index in [2.05, 4.69) is 11.9 Å². The van der Waals surface area contributed by atoms with Crippen molar-refractivity contribution < 1.29 is 18.3 Å². The van der Waals surface area contributed by atoms with Crippen molar-refractivity contribution in [3.63, 3.8) is 0 Å². The molecule has 0 aromatic carbocycles. The van der Waals surface area contributed by atoms with Crippen LogP contribution in [0.1, 0.15) is 78.6 Å². The van der Waals surface area contributed by atoms with Gasteiger partial charge in [0.2, 0.25) is 10.0 Å². The number of carbonyl (C=O) groups is 1. The molecule has 0 unspecified atom stereocenters. The zero-order valence-electron chi connectivity index (χ0n) is 15.3. The lowest BCUT2D eigenvalue weighted by Gasteiger charge is -2.16. The molecule has 0 heterocycles. The highest BCUT2D eigenvalue weighted by Gasteiger charge is 2.51. The van der Waals surface area contributed by atoms with E-state index >= 15 is 0 Å². The molecule has 1 fully saturated rings. The molecule has 1 saturated carbocycles. The fourth-order valence-corrected chi connectivity index (χ4v) is 3.50. The van der Waals surface area contributed by atoms with E-state index in [0.29, 0.717) is 0 Å². The first-order chi connectivity index (χ1) is 10.9. The lowest BCUT2D eigenvalue weighted by molar-refractivity contribution is 0.184. The maximum absolute atomic E-state index is 11.3. The van der Waals surface area contributed by atoms with Crippen LogP contribution >= 0.6 is 0 Å². The number of hydrogen-bond donors (Lipinski definition) is 3. The number of unbranched alkanes of at least 4 members (excludes halogenated alkanes) is 5. The Morgan fingerprint density at radius 1 is 1.21 bits per heavy atom. The van der Waals surface area contributed by atoms with Crippen molar-refractivity contribution >= 4 is 16.1 Å². The summed E-state index contributed by atoms with van der Waals surface area (Å²) in [5.41, 5.74) is -0.328. The largest absolute Gasteiger partial charge is 0.465 e. The van der Waals surface area contributed by atoms with E-state index in [1.165, 1.54) is 19.3 Å². The fourth-order valence-electron chi connectivity index (χ4n) is 2.40. The minimum absolute atomic E-state index is 0.328. The zero-order chi connectivity index (χ0) is 18.9. The average Bonchev–Trinajstić information content (AvgIpc) is 3.16. The highest BCUT2D eigenvalue weighted by molar-refractivity contribution is 7.90. The van der Waals surface area contributed by atoms with Crippen LogP contribution in [0.4, 0.5) is 4.79 Å². The fraction of sp³-hybridized carbons (Fsp3) is 0.824. The molecule has 6 nitrogen and oxygen atoms in total. The van der Waals surface area contributed by atoms with Crippen LogP contribution in [-0.2, 0) is 10.0 Å². The highest BCUT2D eigenvalue weighted by atomic mass is 32.2. The van der Waals surface area contributed by atoms with Gasteiger partial charge in [0.05, 0.1) is 4.75 Å². The van der Waals surface area contributed by atoms with Gasteiger partial charge in [-0.3, -0.25) is 0 Å². The van der Waals surface area contributed by atoms with E-state index in [4.69, 9.17) is 10.2 Å². The van der Waals surface area contributed by atoms with Gasteiger partial charge in [-0.25, -0.2) is 18.4 Å². The Balaban J connectivity index is 0.000000561. The molecule has 24 heavy (non-hydrogen) atoms. The van der Waals surface area contributed by atoms with Crippen molar-refractivity contribution in [3.05, 3.63) is 12.7 Å². The number of nitrogens with one attached hydrogen (secondary N) is 1. The molecule has 142 valence electrons. The van der Waals surface area contributed by atoms with E-state index < -0.39 is 20.9 Å². The normalized spacial score (nSPS) is 15.8. The number of sulfonamides is 1. The van der Waals surface area contributed by atoms with Gasteiger partial charge in [0.25, 0.3) is 0 Å². The molecule has 0 radical (unpaired) electrons. The van der Waals surface area contributed by atoms with Crippen LogP contribution in [0.15, 0.2) is 12.7 Å². The first kappa shape index (κ1) is 22.9. The molecule has 4 N–H and O–H groups in total. The Kier molecular flexibility index (Phi) is 9.58. The Hall–Kier alpha value is -1.08. The third kappa shape index (κ3) is 10.6. The lowest BCUT2D eigenvalue weighted by atomic mass is 10.1. The summed E-state index contributed by atoms with van der Waals surface area (Å²) in [6, 6.07) is 0. The molecule has 0 aromatic rings. The van der Waals surface area contributed by atoms with Crippen LogP contribution in [0, 0.1) is 0 Å². The van der Waals surface area contributed by atoms with Crippen molar-refractivity contribution in [1.29, 1.82) is 0 Å². The number of primary sulfonamides is 1. The van der Waals surface area contributed by atoms with Gasteiger partial charge < -0.3 is 10.4 Å². The molecule has 0 saturated heterocycles. The standard InChI is InChI=1S/C12H23NO2S.C5H11NO2/c1-2-3-4-5-6-7-8-9-12(10-11-12)16(13,14)15;1-5(2,3)6-4(7)8/h2H,1,3-11H2,(H2,13,14,15);6H,1-3H3,(H,7,8). The number of amides is 1.